The highest BCUT2D eigenvalue weighted by Gasteiger charge is 2.66. The van der Waals surface area contributed by atoms with Crippen molar-refractivity contribution in [2.45, 2.75) is 70.4 Å². The molecule has 4 fully saturated rings. The van der Waals surface area contributed by atoms with E-state index in [1.54, 1.807) is 37.2 Å². The zero-order valence-corrected chi connectivity index (χ0v) is 24.6. The molecule has 2 saturated heterocycles. The van der Waals surface area contributed by atoms with Crippen molar-refractivity contribution < 1.29 is 38.8 Å². The monoisotopic (exact) mass is 580 g/mol. The summed E-state index contributed by atoms with van der Waals surface area (Å²) in [5, 5.41) is 21.1. The van der Waals surface area contributed by atoms with Gasteiger partial charge < -0.3 is 24.4 Å². The number of ether oxygens (including phenoxy) is 3. The van der Waals surface area contributed by atoms with Gasteiger partial charge in [-0.05, 0) is 74.8 Å². The fraction of sp³-hybridized carbons (Fsp3) is 0.594. The van der Waals surface area contributed by atoms with E-state index in [0.29, 0.717) is 29.9 Å². The number of carbonyl (C=O) groups excluding carboxylic acids is 3. The number of nitrogens with zero attached hydrogens (tertiary/aromatic N) is 2. The van der Waals surface area contributed by atoms with Gasteiger partial charge in [-0.15, -0.1) is 0 Å². The lowest BCUT2D eigenvalue weighted by atomic mass is 9.45. The first-order valence-corrected chi connectivity index (χ1v) is 14.8. The van der Waals surface area contributed by atoms with E-state index < -0.39 is 35.7 Å². The molecule has 1 amide bonds. The third-order valence-electron chi connectivity index (χ3n) is 10.7. The molecule has 0 aromatic rings. The molecular formula is C32H40N2O8. The number of aliphatic hydroxyl groups is 2. The molecule has 4 aliphatic heterocycles. The fourth-order valence-corrected chi connectivity index (χ4v) is 8.24. The number of fused-ring (bicyclic) bond motifs is 2. The Bertz CT molecular complexity index is 1340. The van der Waals surface area contributed by atoms with Crippen molar-refractivity contribution in [2.24, 2.45) is 22.7 Å². The highest BCUT2D eigenvalue weighted by molar-refractivity contribution is 6.04. The first-order chi connectivity index (χ1) is 20.0. The SMILES string of the molecule is CCOC(=O)C1C(=O)N2C=C(/C=C3C=C(/C=C/C4C5(CCC6[C@]4(C)CC[C@@H](O)[C@@]6(C)CO)CO5)C(=O)O\3)C=CC2N1C. The van der Waals surface area contributed by atoms with Crippen LogP contribution in [0.4, 0.5) is 0 Å². The summed E-state index contributed by atoms with van der Waals surface area (Å²) in [5.74, 6) is -0.908. The van der Waals surface area contributed by atoms with Gasteiger partial charge in [0.25, 0.3) is 5.91 Å². The number of carbonyl (C=O) groups is 3. The Labute approximate surface area is 246 Å². The molecule has 1 spiro atoms. The van der Waals surface area contributed by atoms with Crippen molar-refractivity contribution in [1.29, 1.82) is 0 Å². The largest absolute Gasteiger partial charge is 0.464 e. The molecule has 10 heteroatoms. The number of hydrogen-bond acceptors (Lipinski definition) is 9. The normalized spacial score (nSPS) is 42.1. The smallest absolute Gasteiger partial charge is 0.343 e. The number of aliphatic hydroxyl groups excluding tert-OH is 2. The average Bonchev–Trinajstić information content (AvgIpc) is 3.57. The van der Waals surface area contributed by atoms with Gasteiger partial charge in [0.2, 0.25) is 0 Å². The summed E-state index contributed by atoms with van der Waals surface area (Å²) in [6.07, 6.45) is 14.8. The molecule has 4 heterocycles. The molecule has 2 N–H and O–H groups in total. The summed E-state index contributed by atoms with van der Waals surface area (Å²) in [7, 11) is 1.71. The van der Waals surface area contributed by atoms with E-state index in [2.05, 4.69) is 13.0 Å². The Kier molecular flexibility index (Phi) is 7.12. The molecule has 10 nitrogen and oxygen atoms in total. The Hall–Kier alpha value is -3.05. The van der Waals surface area contributed by atoms with Gasteiger partial charge in [0.1, 0.15) is 11.9 Å². The molecule has 0 radical (unpaired) electrons. The predicted molar refractivity (Wildman–Crippen MR) is 151 cm³/mol. The molecule has 226 valence electrons. The van der Waals surface area contributed by atoms with Crippen LogP contribution in [0.2, 0.25) is 0 Å². The van der Waals surface area contributed by atoms with E-state index in [9.17, 15) is 24.6 Å². The van der Waals surface area contributed by atoms with Crippen molar-refractivity contribution in [3.05, 3.63) is 59.6 Å². The van der Waals surface area contributed by atoms with Gasteiger partial charge in [0.05, 0.1) is 37.1 Å². The van der Waals surface area contributed by atoms with E-state index in [1.807, 2.05) is 25.2 Å². The number of amides is 1. The molecule has 2 aliphatic carbocycles. The fourth-order valence-electron chi connectivity index (χ4n) is 8.24. The lowest BCUT2D eigenvalue weighted by Gasteiger charge is -2.60. The van der Waals surface area contributed by atoms with Gasteiger partial charge in [-0.25, -0.2) is 9.59 Å². The molecule has 5 unspecified atom stereocenters. The van der Waals surface area contributed by atoms with Crippen molar-refractivity contribution >= 4 is 17.8 Å². The summed E-state index contributed by atoms with van der Waals surface area (Å²) >= 11 is 0. The Morgan fingerprint density at radius 2 is 2.00 bits per heavy atom. The third kappa shape index (κ3) is 4.42. The molecule has 8 atom stereocenters. The van der Waals surface area contributed by atoms with Crippen molar-refractivity contribution in [2.75, 3.05) is 26.9 Å². The number of esters is 2. The molecule has 6 rings (SSSR count). The van der Waals surface area contributed by atoms with Crippen LogP contribution in [0.15, 0.2) is 59.6 Å². The molecular weight excluding hydrogens is 540 g/mol. The van der Waals surface area contributed by atoms with Crippen molar-refractivity contribution in [3.63, 3.8) is 0 Å². The summed E-state index contributed by atoms with van der Waals surface area (Å²) < 4.78 is 16.7. The first kappa shape index (κ1) is 29.0. The number of allylic oxidation sites excluding steroid dienone is 4. The second-order valence-corrected chi connectivity index (χ2v) is 13.0. The topological polar surface area (TPSA) is 129 Å². The van der Waals surface area contributed by atoms with Crippen LogP contribution in [0.1, 0.15) is 46.5 Å². The van der Waals surface area contributed by atoms with Crippen molar-refractivity contribution in [1.82, 2.24) is 9.80 Å². The van der Waals surface area contributed by atoms with Crippen LogP contribution in [0.5, 0.6) is 0 Å². The number of likely N-dealkylation sites (N-methyl/N-ethyl adjacent to an activating group) is 1. The third-order valence-corrected chi connectivity index (χ3v) is 10.7. The molecule has 42 heavy (non-hydrogen) atoms. The Morgan fingerprint density at radius 1 is 1.24 bits per heavy atom. The second kappa shape index (κ2) is 10.3. The van der Waals surface area contributed by atoms with E-state index >= 15 is 0 Å². The number of hydrogen-bond donors (Lipinski definition) is 2. The maximum atomic E-state index is 13.0. The van der Waals surface area contributed by atoms with Gasteiger partial charge in [-0.3, -0.25) is 14.6 Å². The van der Waals surface area contributed by atoms with Crippen molar-refractivity contribution in [3.8, 4) is 0 Å². The van der Waals surface area contributed by atoms with E-state index in [1.165, 1.54) is 4.90 Å². The molecule has 2 saturated carbocycles. The van der Waals surface area contributed by atoms with Gasteiger partial charge in [-0.1, -0.05) is 32.1 Å². The van der Waals surface area contributed by atoms with Gasteiger partial charge in [-0.2, -0.15) is 0 Å². The van der Waals surface area contributed by atoms with Gasteiger partial charge >= 0.3 is 11.9 Å². The van der Waals surface area contributed by atoms with Crippen LogP contribution < -0.4 is 0 Å². The molecule has 6 aliphatic rings. The first-order valence-electron chi connectivity index (χ1n) is 14.8. The lowest BCUT2D eigenvalue weighted by molar-refractivity contribution is -0.167. The zero-order chi connectivity index (χ0) is 30.0. The highest BCUT2D eigenvalue weighted by Crippen LogP contribution is 2.65. The Morgan fingerprint density at radius 3 is 2.69 bits per heavy atom. The Balaban J connectivity index is 1.22. The lowest BCUT2D eigenvalue weighted by Crippen LogP contribution is -2.60. The summed E-state index contributed by atoms with van der Waals surface area (Å²) in [6, 6.07) is -1.01. The minimum absolute atomic E-state index is 0.0234. The average molecular weight is 581 g/mol. The number of cyclic esters (lactones) is 1. The van der Waals surface area contributed by atoms with Crippen LogP contribution in [-0.2, 0) is 28.6 Å². The zero-order valence-electron chi connectivity index (χ0n) is 24.6. The summed E-state index contributed by atoms with van der Waals surface area (Å²) in [5.41, 5.74) is 0.0150. The quantitative estimate of drug-likeness (QED) is 0.276. The van der Waals surface area contributed by atoms with E-state index in [0.717, 1.165) is 19.3 Å². The minimum atomic E-state index is -1.01. The van der Waals surface area contributed by atoms with Gasteiger partial charge in [0, 0.05) is 17.5 Å². The van der Waals surface area contributed by atoms with Crippen LogP contribution in [0, 0.1) is 22.7 Å². The molecule has 0 aromatic carbocycles. The second-order valence-electron chi connectivity index (χ2n) is 13.0. The summed E-state index contributed by atoms with van der Waals surface area (Å²) in [4.78, 5) is 41.3. The van der Waals surface area contributed by atoms with E-state index in [-0.39, 0.29) is 42.0 Å². The highest BCUT2D eigenvalue weighted by atomic mass is 16.6. The van der Waals surface area contributed by atoms with Gasteiger partial charge in [0.15, 0.2) is 6.04 Å². The maximum absolute atomic E-state index is 13.0. The molecule has 0 bridgehead atoms. The maximum Gasteiger partial charge on any atom is 0.343 e. The standard InChI is InChI=1S/C32H40N2O8/c1-5-40-29(39)26-27(37)34-16-19(6-9-25(34)33(26)4)14-21-15-20(28(38)42-21)7-8-23-30(2)12-11-24(36)31(3,17-35)22(30)10-13-32(23)18-41-32/h6-9,14-16,22-26,35-36H,5,10-13,17-18H2,1-4H3/b8-7+,21-14+/t22?,23?,24-,25?,26?,30+,31+,32?/m1/s1. The summed E-state index contributed by atoms with van der Waals surface area (Å²) in [6.45, 7) is 6.71. The molecule has 0 aromatic heterocycles. The van der Waals surface area contributed by atoms with Crippen LogP contribution in [0.25, 0.3) is 0 Å². The van der Waals surface area contributed by atoms with Crippen LogP contribution in [-0.4, -0.2) is 88.6 Å². The van der Waals surface area contributed by atoms with E-state index in [4.69, 9.17) is 14.2 Å². The number of epoxide rings is 1. The number of rotatable bonds is 6. The predicted octanol–water partition coefficient (Wildman–Crippen LogP) is 2.35. The van der Waals surface area contributed by atoms with Crippen LogP contribution in [0.3, 0.4) is 0 Å². The van der Waals surface area contributed by atoms with Crippen LogP contribution >= 0.6 is 0 Å². The minimum Gasteiger partial charge on any atom is -0.464 e.